The molecule has 0 aliphatic heterocycles. The van der Waals surface area contributed by atoms with Crippen LogP contribution in [0.25, 0.3) is 0 Å². The molecule has 0 fully saturated rings. The molecule has 2 heteroatoms. The van der Waals surface area contributed by atoms with E-state index in [9.17, 15) is 0 Å². The molecule has 1 aromatic rings. The maximum atomic E-state index is 5.33. The normalized spacial score (nSPS) is 12.9. The van der Waals surface area contributed by atoms with Gasteiger partial charge in [-0.15, -0.1) is 0 Å². The van der Waals surface area contributed by atoms with Crippen molar-refractivity contribution in [3.8, 4) is 0 Å². The summed E-state index contributed by atoms with van der Waals surface area (Å²) in [6.45, 7) is 8.27. The van der Waals surface area contributed by atoms with Crippen molar-refractivity contribution in [1.29, 1.82) is 0 Å². The highest BCUT2D eigenvalue weighted by Crippen LogP contribution is 2.35. The third kappa shape index (κ3) is 1.81. The Bertz CT molecular complexity index is 290. The summed E-state index contributed by atoms with van der Waals surface area (Å²) in [6.07, 6.45) is 0. The molecule has 0 aliphatic carbocycles. The van der Waals surface area contributed by atoms with E-state index in [0.29, 0.717) is 0 Å². The zero-order valence-electron chi connectivity index (χ0n) is 9.37. The van der Waals surface area contributed by atoms with Crippen LogP contribution in [-0.2, 0) is 10.3 Å². The Kier molecular flexibility index (Phi) is 2.98. The Morgan fingerprint density at radius 3 is 1.93 bits per heavy atom. The van der Waals surface area contributed by atoms with Crippen molar-refractivity contribution in [2.75, 3.05) is 0 Å². The van der Waals surface area contributed by atoms with Crippen molar-refractivity contribution in [3.63, 3.8) is 0 Å². The van der Waals surface area contributed by atoms with Crippen LogP contribution in [0.5, 0.6) is 0 Å². The molecule has 0 atom stereocenters. The SMILES string of the molecule is CC(C)(ON)C(C)(C)c1ccccc1. The Balaban J connectivity index is 3.08. The lowest BCUT2D eigenvalue weighted by molar-refractivity contribution is -0.0683. The summed E-state index contributed by atoms with van der Waals surface area (Å²) in [5.41, 5.74) is 0.743. The fourth-order valence-corrected chi connectivity index (χ4v) is 1.35. The van der Waals surface area contributed by atoms with Crippen LogP contribution in [0.1, 0.15) is 33.3 Å². The molecular weight excluding hydrogens is 174 g/mol. The van der Waals surface area contributed by atoms with E-state index in [0.717, 1.165) is 0 Å². The lowest BCUT2D eigenvalue weighted by Gasteiger charge is -2.40. The molecule has 78 valence electrons. The highest BCUT2D eigenvalue weighted by atomic mass is 16.6. The monoisotopic (exact) mass is 193 g/mol. The van der Waals surface area contributed by atoms with E-state index in [2.05, 4.69) is 26.0 Å². The molecule has 0 saturated carbocycles. The maximum absolute atomic E-state index is 5.33. The molecule has 0 saturated heterocycles. The minimum absolute atomic E-state index is 0.108. The number of benzene rings is 1. The van der Waals surface area contributed by atoms with Crippen LogP contribution in [0.15, 0.2) is 30.3 Å². The van der Waals surface area contributed by atoms with Crippen molar-refractivity contribution in [2.45, 2.75) is 38.7 Å². The van der Waals surface area contributed by atoms with E-state index >= 15 is 0 Å². The quantitative estimate of drug-likeness (QED) is 0.749. The van der Waals surface area contributed by atoms with Crippen LogP contribution in [-0.4, -0.2) is 5.60 Å². The topological polar surface area (TPSA) is 35.2 Å². The first-order chi connectivity index (χ1) is 6.42. The van der Waals surface area contributed by atoms with E-state index in [-0.39, 0.29) is 11.0 Å². The second-order valence-electron chi connectivity index (χ2n) is 4.62. The van der Waals surface area contributed by atoms with Gasteiger partial charge in [-0.05, 0) is 19.4 Å². The predicted octanol–water partition coefficient (Wildman–Crippen LogP) is 2.63. The van der Waals surface area contributed by atoms with Crippen LogP contribution < -0.4 is 5.90 Å². The van der Waals surface area contributed by atoms with Crippen LogP contribution in [0.4, 0.5) is 0 Å². The van der Waals surface area contributed by atoms with E-state index < -0.39 is 0 Å². The maximum Gasteiger partial charge on any atom is 0.0928 e. The predicted molar refractivity (Wildman–Crippen MR) is 58.8 cm³/mol. The van der Waals surface area contributed by atoms with E-state index in [1.54, 1.807) is 0 Å². The molecule has 1 aromatic carbocycles. The standard InChI is InChI=1S/C12H19NO/c1-11(2,12(3,4)14-13)10-8-6-5-7-9-10/h5-9H,13H2,1-4H3. The van der Waals surface area contributed by atoms with Crippen molar-refractivity contribution in [3.05, 3.63) is 35.9 Å². The van der Waals surface area contributed by atoms with Gasteiger partial charge >= 0.3 is 0 Å². The molecule has 0 bridgehead atoms. The minimum Gasteiger partial charge on any atom is -0.298 e. The fourth-order valence-electron chi connectivity index (χ4n) is 1.35. The Morgan fingerprint density at radius 1 is 1.00 bits per heavy atom. The van der Waals surface area contributed by atoms with Gasteiger partial charge in [0.1, 0.15) is 0 Å². The van der Waals surface area contributed by atoms with Gasteiger partial charge in [-0.1, -0.05) is 44.2 Å². The van der Waals surface area contributed by atoms with Crippen LogP contribution in [0.3, 0.4) is 0 Å². The molecular formula is C12H19NO. The zero-order chi connectivity index (χ0) is 10.8. The molecule has 0 heterocycles. The molecule has 0 radical (unpaired) electrons. The molecule has 0 aliphatic rings. The van der Waals surface area contributed by atoms with Crippen molar-refractivity contribution in [1.82, 2.24) is 0 Å². The first-order valence-corrected chi connectivity index (χ1v) is 4.85. The first-order valence-electron chi connectivity index (χ1n) is 4.85. The van der Waals surface area contributed by atoms with Gasteiger partial charge in [-0.2, -0.15) is 0 Å². The average molecular weight is 193 g/mol. The van der Waals surface area contributed by atoms with Crippen molar-refractivity contribution < 1.29 is 4.84 Å². The molecule has 0 amide bonds. The van der Waals surface area contributed by atoms with Gasteiger partial charge < -0.3 is 0 Å². The van der Waals surface area contributed by atoms with Gasteiger partial charge in [-0.25, -0.2) is 5.90 Å². The van der Waals surface area contributed by atoms with Crippen LogP contribution in [0, 0.1) is 0 Å². The number of hydrogen-bond acceptors (Lipinski definition) is 2. The molecule has 2 N–H and O–H groups in total. The highest BCUT2D eigenvalue weighted by molar-refractivity contribution is 5.26. The Labute approximate surface area is 86.0 Å². The van der Waals surface area contributed by atoms with Gasteiger partial charge in [0.25, 0.3) is 0 Å². The fraction of sp³-hybridized carbons (Fsp3) is 0.500. The molecule has 0 unspecified atom stereocenters. The Hall–Kier alpha value is -0.860. The third-order valence-electron chi connectivity index (χ3n) is 3.30. The first kappa shape index (κ1) is 11.2. The van der Waals surface area contributed by atoms with E-state index in [1.165, 1.54) is 5.56 Å². The summed E-state index contributed by atoms with van der Waals surface area (Å²) in [5, 5.41) is 0. The Morgan fingerprint density at radius 2 is 1.50 bits per heavy atom. The van der Waals surface area contributed by atoms with Crippen molar-refractivity contribution in [2.24, 2.45) is 5.90 Å². The number of nitrogens with two attached hydrogens (primary N) is 1. The second-order valence-corrected chi connectivity index (χ2v) is 4.62. The summed E-state index contributed by atoms with van der Waals surface area (Å²) in [5.74, 6) is 5.33. The van der Waals surface area contributed by atoms with Gasteiger partial charge in [0.15, 0.2) is 0 Å². The molecule has 1 rings (SSSR count). The second kappa shape index (κ2) is 3.71. The summed E-state index contributed by atoms with van der Waals surface area (Å²) < 4.78 is 0. The number of hydrogen-bond donors (Lipinski definition) is 1. The lowest BCUT2D eigenvalue weighted by Crippen LogP contribution is -2.46. The molecule has 0 spiro atoms. The van der Waals surface area contributed by atoms with E-state index in [4.69, 9.17) is 10.7 Å². The third-order valence-corrected chi connectivity index (χ3v) is 3.30. The lowest BCUT2D eigenvalue weighted by atomic mass is 9.72. The van der Waals surface area contributed by atoms with Crippen LogP contribution >= 0.6 is 0 Å². The van der Waals surface area contributed by atoms with E-state index in [1.807, 2.05) is 32.0 Å². The molecule has 2 nitrogen and oxygen atoms in total. The highest BCUT2D eigenvalue weighted by Gasteiger charge is 2.39. The number of rotatable bonds is 3. The zero-order valence-corrected chi connectivity index (χ0v) is 9.37. The largest absolute Gasteiger partial charge is 0.298 e. The van der Waals surface area contributed by atoms with Gasteiger partial charge in [0.05, 0.1) is 5.60 Å². The molecule has 0 aromatic heterocycles. The molecule has 14 heavy (non-hydrogen) atoms. The minimum atomic E-state index is -0.381. The summed E-state index contributed by atoms with van der Waals surface area (Å²) in [7, 11) is 0. The summed E-state index contributed by atoms with van der Waals surface area (Å²) >= 11 is 0. The van der Waals surface area contributed by atoms with Gasteiger partial charge in [0, 0.05) is 5.41 Å². The summed E-state index contributed by atoms with van der Waals surface area (Å²) in [4.78, 5) is 5.06. The smallest absolute Gasteiger partial charge is 0.0928 e. The van der Waals surface area contributed by atoms with Gasteiger partial charge in [-0.3, -0.25) is 4.84 Å². The van der Waals surface area contributed by atoms with Crippen LogP contribution in [0.2, 0.25) is 0 Å². The van der Waals surface area contributed by atoms with Gasteiger partial charge in [0.2, 0.25) is 0 Å². The summed E-state index contributed by atoms with van der Waals surface area (Å²) in [6, 6.07) is 10.3. The van der Waals surface area contributed by atoms with Crippen molar-refractivity contribution >= 4 is 0 Å². The average Bonchev–Trinajstić information content (AvgIpc) is 2.19.